The Morgan fingerprint density at radius 2 is 2.25 bits per heavy atom. The monoisotopic (exact) mass is 271 g/mol. The Morgan fingerprint density at radius 1 is 1.30 bits per heavy atom. The van der Waals surface area contributed by atoms with Crippen LogP contribution in [-0.4, -0.2) is 26.1 Å². The molecule has 5 nitrogen and oxygen atoms in total. The van der Waals surface area contributed by atoms with Crippen molar-refractivity contribution in [2.45, 2.75) is 39.2 Å². The molecule has 0 aromatic carbocycles. The first-order valence-corrected chi connectivity index (χ1v) is 7.43. The van der Waals surface area contributed by atoms with Crippen LogP contribution in [0.15, 0.2) is 24.8 Å². The summed E-state index contributed by atoms with van der Waals surface area (Å²) in [4.78, 5) is 13.1. The highest BCUT2D eigenvalue weighted by Crippen LogP contribution is 2.22. The van der Waals surface area contributed by atoms with Crippen LogP contribution in [0, 0.1) is 5.92 Å². The fourth-order valence-corrected chi connectivity index (χ4v) is 2.75. The Morgan fingerprint density at radius 3 is 3.05 bits per heavy atom. The predicted octanol–water partition coefficient (Wildman–Crippen LogP) is 3.00. The summed E-state index contributed by atoms with van der Waals surface area (Å²) in [5, 5.41) is 3.42. The molecule has 0 bridgehead atoms. The van der Waals surface area contributed by atoms with E-state index in [4.69, 9.17) is 0 Å². The van der Waals surface area contributed by atoms with E-state index < -0.39 is 0 Å². The molecule has 0 saturated carbocycles. The van der Waals surface area contributed by atoms with E-state index in [-0.39, 0.29) is 0 Å². The molecule has 2 aromatic heterocycles. The number of aryl methyl sites for hydroxylation is 1. The number of fused-ring (bicyclic) bond motifs is 1. The normalized spacial score (nSPS) is 18.6. The first-order valence-electron chi connectivity index (χ1n) is 7.43. The molecule has 0 fully saturated rings. The van der Waals surface area contributed by atoms with Crippen LogP contribution in [0.25, 0.3) is 11.2 Å². The number of rotatable bonds is 5. The molecule has 0 amide bonds. The standard InChI is InChI=1S/C15H21N5/c1-2-20-11-19-13-14(17-10-18-15(13)20)16-9-8-12-6-4-3-5-7-12/h3-4,10-12H,2,5-9H2,1H3,(H,16,17,18). The third kappa shape index (κ3) is 2.66. The lowest BCUT2D eigenvalue weighted by Gasteiger charge is -2.17. The van der Waals surface area contributed by atoms with Gasteiger partial charge in [-0.2, -0.15) is 0 Å². The third-order valence-electron chi connectivity index (χ3n) is 3.96. The summed E-state index contributed by atoms with van der Waals surface area (Å²) in [7, 11) is 0. The molecule has 1 unspecified atom stereocenters. The zero-order valence-electron chi connectivity index (χ0n) is 11.9. The van der Waals surface area contributed by atoms with E-state index in [1.807, 2.05) is 10.9 Å². The Hall–Kier alpha value is -1.91. The second-order valence-corrected chi connectivity index (χ2v) is 5.29. The Balaban J connectivity index is 1.65. The maximum atomic E-state index is 4.42. The Labute approximate surface area is 119 Å². The van der Waals surface area contributed by atoms with Gasteiger partial charge in [-0.25, -0.2) is 15.0 Å². The third-order valence-corrected chi connectivity index (χ3v) is 3.96. The fraction of sp³-hybridized carbons (Fsp3) is 0.533. The molecule has 1 aliphatic rings. The van der Waals surface area contributed by atoms with Gasteiger partial charge in [-0.15, -0.1) is 0 Å². The quantitative estimate of drug-likeness (QED) is 0.849. The zero-order chi connectivity index (χ0) is 13.8. The summed E-state index contributed by atoms with van der Waals surface area (Å²) < 4.78 is 2.04. The van der Waals surface area contributed by atoms with Crippen molar-refractivity contribution in [2.75, 3.05) is 11.9 Å². The fourth-order valence-electron chi connectivity index (χ4n) is 2.75. The highest BCUT2D eigenvalue weighted by molar-refractivity contribution is 5.82. The topological polar surface area (TPSA) is 55.6 Å². The lowest BCUT2D eigenvalue weighted by Crippen LogP contribution is -2.11. The van der Waals surface area contributed by atoms with Gasteiger partial charge in [0.05, 0.1) is 6.33 Å². The summed E-state index contributed by atoms with van der Waals surface area (Å²) >= 11 is 0. The number of hydrogen-bond acceptors (Lipinski definition) is 4. The minimum atomic E-state index is 0.804. The average Bonchev–Trinajstić information content (AvgIpc) is 2.92. The van der Waals surface area contributed by atoms with Gasteiger partial charge in [0, 0.05) is 13.1 Å². The van der Waals surface area contributed by atoms with Crippen LogP contribution in [0.4, 0.5) is 5.82 Å². The van der Waals surface area contributed by atoms with Gasteiger partial charge in [0.1, 0.15) is 11.8 Å². The molecule has 1 atom stereocenters. The van der Waals surface area contributed by atoms with E-state index in [2.05, 4.69) is 39.3 Å². The van der Waals surface area contributed by atoms with Crippen LogP contribution < -0.4 is 5.32 Å². The van der Waals surface area contributed by atoms with Gasteiger partial charge in [0.15, 0.2) is 11.5 Å². The van der Waals surface area contributed by atoms with Crippen molar-refractivity contribution >= 4 is 17.0 Å². The molecule has 2 aromatic rings. The number of nitrogens with zero attached hydrogens (tertiary/aromatic N) is 4. The molecule has 106 valence electrons. The molecule has 1 N–H and O–H groups in total. The smallest absolute Gasteiger partial charge is 0.165 e. The van der Waals surface area contributed by atoms with Gasteiger partial charge < -0.3 is 9.88 Å². The molecule has 2 heterocycles. The number of allylic oxidation sites excluding steroid dienone is 2. The Bertz CT molecular complexity index is 601. The molecule has 5 heteroatoms. The van der Waals surface area contributed by atoms with E-state index >= 15 is 0 Å². The summed E-state index contributed by atoms with van der Waals surface area (Å²) in [6.45, 7) is 3.91. The largest absolute Gasteiger partial charge is 0.368 e. The molecular formula is C15H21N5. The SMILES string of the molecule is CCn1cnc2c(NCCC3CC=CCC3)ncnc21. The summed E-state index contributed by atoms with van der Waals surface area (Å²) in [6, 6.07) is 0. The molecule has 20 heavy (non-hydrogen) atoms. The first-order chi connectivity index (χ1) is 9.88. The summed E-state index contributed by atoms with van der Waals surface area (Å²) in [5.74, 6) is 1.66. The van der Waals surface area contributed by atoms with Crippen molar-refractivity contribution in [3.63, 3.8) is 0 Å². The molecule has 0 spiro atoms. The highest BCUT2D eigenvalue weighted by Gasteiger charge is 2.11. The minimum Gasteiger partial charge on any atom is -0.368 e. The lowest BCUT2D eigenvalue weighted by molar-refractivity contribution is 0.457. The van der Waals surface area contributed by atoms with Crippen LogP contribution >= 0.6 is 0 Å². The number of hydrogen-bond donors (Lipinski definition) is 1. The van der Waals surface area contributed by atoms with Crippen molar-refractivity contribution in [2.24, 2.45) is 5.92 Å². The van der Waals surface area contributed by atoms with E-state index in [0.717, 1.165) is 36.0 Å². The van der Waals surface area contributed by atoms with Crippen molar-refractivity contribution in [3.05, 3.63) is 24.8 Å². The number of nitrogens with one attached hydrogen (secondary N) is 1. The minimum absolute atomic E-state index is 0.804. The molecule has 0 saturated heterocycles. The van der Waals surface area contributed by atoms with Gasteiger partial charge in [0.2, 0.25) is 0 Å². The number of imidazole rings is 1. The molecule has 1 aliphatic carbocycles. The molecule has 3 rings (SSSR count). The lowest BCUT2D eigenvalue weighted by atomic mass is 9.91. The van der Waals surface area contributed by atoms with E-state index in [9.17, 15) is 0 Å². The van der Waals surface area contributed by atoms with Crippen molar-refractivity contribution in [3.8, 4) is 0 Å². The van der Waals surface area contributed by atoms with E-state index in [0.29, 0.717) is 0 Å². The van der Waals surface area contributed by atoms with Crippen molar-refractivity contribution < 1.29 is 0 Å². The summed E-state index contributed by atoms with van der Waals surface area (Å²) in [6.07, 6.45) is 13.0. The summed E-state index contributed by atoms with van der Waals surface area (Å²) in [5.41, 5.74) is 1.78. The maximum absolute atomic E-state index is 4.42. The second kappa shape index (κ2) is 6.03. The van der Waals surface area contributed by atoms with Gasteiger partial charge in [-0.05, 0) is 38.5 Å². The van der Waals surface area contributed by atoms with Gasteiger partial charge in [0.25, 0.3) is 0 Å². The van der Waals surface area contributed by atoms with Crippen LogP contribution in [-0.2, 0) is 6.54 Å². The van der Waals surface area contributed by atoms with Crippen molar-refractivity contribution in [1.29, 1.82) is 0 Å². The number of aromatic nitrogens is 4. The maximum Gasteiger partial charge on any atom is 0.165 e. The molecule has 0 radical (unpaired) electrons. The van der Waals surface area contributed by atoms with Crippen LogP contribution in [0.5, 0.6) is 0 Å². The molecular weight excluding hydrogens is 250 g/mol. The number of anilines is 1. The van der Waals surface area contributed by atoms with Gasteiger partial charge in [-0.1, -0.05) is 12.2 Å². The van der Waals surface area contributed by atoms with Gasteiger partial charge >= 0.3 is 0 Å². The second-order valence-electron chi connectivity index (χ2n) is 5.29. The van der Waals surface area contributed by atoms with Gasteiger partial charge in [-0.3, -0.25) is 0 Å². The van der Waals surface area contributed by atoms with Crippen molar-refractivity contribution in [1.82, 2.24) is 19.5 Å². The molecule has 0 aliphatic heterocycles. The van der Waals surface area contributed by atoms with Crippen LogP contribution in [0.2, 0.25) is 0 Å². The van der Waals surface area contributed by atoms with E-state index in [1.165, 1.54) is 25.7 Å². The zero-order valence-corrected chi connectivity index (χ0v) is 11.9. The average molecular weight is 271 g/mol. The highest BCUT2D eigenvalue weighted by atomic mass is 15.1. The predicted molar refractivity (Wildman–Crippen MR) is 80.6 cm³/mol. The Kier molecular flexibility index (Phi) is 3.95. The first kappa shape index (κ1) is 13.1. The van der Waals surface area contributed by atoms with Crippen LogP contribution in [0.3, 0.4) is 0 Å². The van der Waals surface area contributed by atoms with Crippen LogP contribution in [0.1, 0.15) is 32.6 Å². The van der Waals surface area contributed by atoms with E-state index in [1.54, 1.807) is 6.33 Å².